The standard InChI is InChI=1S/C19H24FN3O3S3/c1-27-14-8-16(21-29(25,26)18-7-4-13-28-18)19(24)23-11-9-22(10-12-23)17-6-3-2-5-15(17)20/h2-7,13,16,21H,8-12,14H2,1H3/t16-/m1/s1. The smallest absolute Gasteiger partial charge is 0.250 e. The molecule has 29 heavy (non-hydrogen) atoms. The summed E-state index contributed by atoms with van der Waals surface area (Å²) in [5.74, 6) is 0.152. The lowest BCUT2D eigenvalue weighted by atomic mass is 10.2. The minimum absolute atomic E-state index is 0.198. The number of nitrogens with one attached hydrogen (secondary N) is 1. The number of hydrogen-bond acceptors (Lipinski definition) is 6. The van der Waals surface area contributed by atoms with Crippen molar-refractivity contribution in [1.82, 2.24) is 9.62 Å². The molecule has 1 aromatic carbocycles. The van der Waals surface area contributed by atoms with E-state index in [1.165, 1.54) is 12.1 Å². The number of thioether (sulfide) groups is 1. The van der Waals surface area contributed by atoms with Crippen LogP contribution < -0.4 is 9.62 Å². The third-order valence-corrected chi connectivity index (χ3v) is 8.26. The fraction of sp³-hybridized carbons (Fsp3) is 0.421. The number of halogens is 1. The minimum atomic E-state index is -3.74. The van der Waals surface area contributed by atoms with Crippen molar-refractivity contribution in [1.29, 1.82) is 0 Å². The summed E-state index contributed by atoms with van der Waals surface area (Å²) in [6, 6.07) is 8.96. The number of piperazine rings is 1. The van der Waals surface area contributed by atoms with Crippen LogP contribution in [0.4, 0.5) is 10.1 Å². The van der Waals surface area contributed by atoms with Gasteiger partial charge in [-0.1, -0.05) is 18.2 Å². The van der Waals surface area contributed by atoms with Crippen molar-refractivity contribution in [2.24, 2.45) is 0 Å². The summed E-state index contributed by atoms with van der Waals surface area (Å²) >= 11 is 2.68. The van der Waals surface area contributed by atoms with E-state index in [9.17, 15) is 17.6 Å². The topological polar surface area (TPSA) is 69.7 Å². The number of thiophene rings is 1. The molecule has 3 rings (SSSR count). The highest BCUT2D eigenvalue weighted by molar-refractivity contribution is 7.98. The first-order valence-electron chi connectivity index (χ1n) is 9.25. The van der Waals surface area contributed by atoms with Crippen molar-refractivity contribution in [2.45, 2.75) is 16.7 Å². The zero-order valence-corrected chi connectivity index (χ0v) is 18.5. The van der Waals surface area contributed by atoms with E-state index in [-0.39, 0.29) is 15.9 Å². The lowest BCUT2D eigenvalue weighted by Gasteiger charge is -2.37. The highest BCUT2D eigenvalue weighted by Crippen LogP contribution is 2.21. The normalized spacial score (nSPS) is 16.1. The number of carbonyl (C=O) groups is 1. The maximum atomic E-state index is 14.0. The first kappa shape index (κ1) is 22.1. The fourth-order valence-electron chi connectivity index (χ4n) is 3.23. The molecule has 6 nitrogen and oxygen atoms in total. The highest BCUT2D eigenvalue weighted by atomic mass is 32.2. The van der Waals surface area contributed by atoms with Crippen LogP contribution in [0.25, 0.3) is 0 Å². The number of anilines is 1. The molecule has 1 aliphatic rings. The lowest BCUT2D eigenvalue weighted by Crippen LogP contribution is -2.55. The summed E-state index contributed by atoms with van der Waals surface area (Å²) in [5, 5.41) is 1.69. The highest BCUT2D eigenvalue weighted by Gasteiger charge is 2.31. The SMILES string of the molecule is CSCC[C@@H](NS(=O)(=O)c1cccs1)C(=O)N1CCN(c2ccccc2F)CC1. The number of nitrogens with zero attached hydrogens (tertiary/aromatic N) is 2. The van der Waals surface area contributed by atoms with Crippen LogP contribution in [-0.2, 0) is 14.8 Å². The van der Waals surface area contributed by atoms with Gasteiger partial charge < -0.3 is 9.80 Å². The van der Waals surface area contributed by atoms with Crippen molar-refractivity contribution in [3.8, 4) is 0 Å². The van der Waals surface area contributed by atoms with Gasteiger partial charge in [-0.25, -0.2) is 12.8 Å². The number of para-hydroxylation sites is 1. The molecular weight excluding hydrogens is 433 g/mol. The Morgan fingerprint density at radius 3 is 2.55 bits per heavy atom. The Morgan fingerprint density at radius 1 is 1.21 bits per heavy atom. The number of rotatable bonds is 8. The van der Waals surface area contributed by atoms with E-state index >= 15 is 0 Å². The van der Waals surface area contributed by atoms with Crippen LogP contribution in [0.5, 0.6) is 0 Å². The van der Waals surface area contributed by atoms with Crippen molar-refractivity contribution < 1.29 is 17.6 Å². The van der Waals surface area contributed by atoms with Crippen molar-refractivity contribution >= 4 is 44.7 Å². The van der Waals surface area contributed by atoms with Gasteiger partial charge in [0.2, 0.25) is 5.91 Å². The molecule has 0 radical (unpaired) electrons. The predicted molar refractivity (Wildman–Crippen MR) is 117 cm³/mol. The van der Waals surface area contributed by atoms with E-state index in [0.29, 0.717) is 44.0 Å². The molecule has 1 amide bonds. The van der Waals surface area contributed by atoms with E-state index in [2.05, 4.69) is 4.72 Å². The van der Waals surface area contributed by atoms with E-state index in [1.807, 2.05) is 11.2 Å². The number of carbonyl (C=O) groups excluding carboxylic acids is 1. The Balaban J connectivity index is 1.66. The summed E-state index contributed by atoms with van der Waals surface area (Å²) in [5.41, 5.74) is 0.525. The van der Waals surface area contributed by atoms with Crippen LogP contribution in [0, 0.1) is 5.82 Å². The maximum Gasteiger partial charge on any atom is 0.250 e. The molecule has 1 fully saturated rings. The summed E-state index contributed by atoms with van der Waals surface area (Å²) < 4.78 is 42.0. The third-order valence-electron chi connectivity index (χ3n) is 4.75. The van der Waals surface area contributed by atoms with E-state index in [0.717, 1.165) is 11.3 Å². The molecule has 0 unspecified atom stereocenters. The van der Waals surface area contributed by atoms with Crippen LogP contribution in [0.15, 0.2) is 46.0 Å². The molecule has 0 saturated carbocycles. The van der Waals surface area contributed by atoms with Crippen LogP contribution in [-0.4, -0.2) is 63.5 Å². The Labute approximate surface area is 179 Å². The second-order valence-corrected chi connectivity index (χ2v) is 10.5. The number of sulfonamides is 1. The van der Waals surface area contributed by atoms with Gasteiger partial charge >= 0.3 is 0 Å². The second-order valence-electron chi connectivity index (χ2n) is 6.65. The van der Waals surface area contributed by atoms with Gasteiger partial charge in [0.1, 0.15) is 16.1 Å². The van der Waals surface area contributed by atoms with Gasteiger partial charge in [0.25, 0.3) is 10.0 Å². The van der Waals surface area contributed by atoms with E-state index in [4.69, 9.17) is 0 Å². The molecule has 1 atom stereocenters. The second kappa shape index (κ2) is 9.92. The van der Waals surface area contributed by atoms with Gasteiger partial charge in [0.15, 0.2) is 0 Å². The molecule has 1 aromatic heterocycles. The molecule has 1 N–H and O–H groups in total. The molecule has 0 spiro atoms. The van der Waals surface area contributed by atoms with E-state index < -0.39 is 16.1 Å². The Bertz CT molecular complexity index is 914. The van der Waals surface area contributed by atoms with Crippen molar-refractivity contribution in [3.63, 3.8) is 0 Å². The largest absolute Gasteiger partial charge is 0.366 e. The summed E-state index contributed by atoms with van der Waals surface area (Å²) in [4.78, 5) is 16.6. The molecule has 0 aliphatic carbocycles. The first-order chi connectivity index (χ1) is 13.9. The fourth-order valence-corrected chi connectivity index (χ4v) is 5.93. The van der Waals surface area contributed by atoms with Crippen LogP contribution in [0.3, 0.4) is 0 Å². The number of hydrogen-bond donors (Lipinski definition) is 1. The van der Waals surface area contributed by atoms with Crippen molar-refractivity contribution in [2.75, 3.05) is 43.1 Å². The van der Waals surface area contributed by atoms with Crippen LogP contribution >= 0.6 is 23.1 Å². The van der Waals surface area contributed by atoms with Gasteiger partial charge in [-0.15, -0.1) is 11.3 Å². The van der Waals surface area contributed by atoms with Gasteiger partial charge in [0.05, 0.1) is 5.69 Å². The molecule has 2 heterocycles. The molecule has 1 saturated heterocycles. The zero-order valence-electron chi connectivity index (χ0n) is 16.1. The van der Waals surface area contributed by atoms with Crippen LogP contribution in [0.2, 0.25) is 0 Å². The number of amides is 1. The molecule has 0 bridgehead atoms. The molecule has 2 aromatic rings. The molecule has 158 valence electrons. The lowest BCUT2D eigenvalue weighted by molar-refractivity contribution is -0.133. The van der Waals surface area contributed by atoms with Gasteiger partial charge in [-0.05, 0) is 42.0 Å². The van der Waals surface area contributed by atoms with E-state index in [1.54, 1.807) is 46.3 Å². The summed E-state index contributed by atoms with van der Waals surface area (Å²) in [6.45, 7) is 1.84. The number of benzene rings is 1. The van der Waals surface area contributed by atoms with Crippen LogP contribution in [0.1, 0.15) is 6.42 Å². The first-order valence-corrected chi connectivity index (χ1v) is 13.0. The quantitative estimate of drug-likeness (QED) is 0.660. The van der Waals surface area contributed by atoms with Gasteiger partial charge in [-0.3, -0.25) is 4.79 Å². The Morgan fingerprint density at radius 2 is 1.93 bits per heavy atom. The third kappa shape index (κ3) is 5.50. The average molecular weight is 458 g/mol. The molecule has 10 heteroatoms. The average Bonchev–Trinajstić information content (AvgIpc) is 3.27. The zero-order chi connectivity index (χ0) is 20.9. The van der Waals surface area contributed by atoms with Crippen molar-refractivity contribution in [3.05, 3.63) is 47.6 Å². The Kier molecular flexibility index (Phi) is 7.55. The Hall–Kier alpha value is -1.62. The predicted octanol–water partition coefficient (Wildman–Crippen LogP) is 2.64. The van der Waals surface area contributed by atoms with Gasteiger partial charge in [-0.2, -0.15) is 16.5 Å². The molecule has 1 aliphatic heterocycles. The summed E-state index contributed by atoms with van der Waals surface area (Å²) in [7, 11) is -3.74. The summed E-state index contributed by atoms with van der Waals surface area (Å²) in [6.07, 6.45) is 2.33. The monoisotopic (exact) mass is 457 g/mol. The maximum absolute atomic E-state index is 14.0. The molecular formula is C19H24FN3O3S3. The minimum Gasteiger partial charge on any atom is -0.366 e. The van der Waals surface area contributed by atoms with Gasteiger partial charge in [0, 0.05) is 26.2 Å².